The van der Waals surface area contributed by atoms with Crippen molar-refractivity contribution in [1.82, 2.24) is 16.3 Å². The van der Waals surface area contributed by atoms with E-state index in [-0.39, 0.29) is 23.7 Å². The molecule has 0 saturated carbocycles. The fourth-order valence-corrected chi connectivity index (χ4v) is 3.12. The number of phenolic OH excluding ortho intramolecular Hbond substituents is 1. The predicted octanol–water partition coefficient (Wildman–Crippen LogP) is 2.41. The van der Waals surface area contributed by atoms with Crippen LogP contribution in [-0.2, 0) is 11.2 Å². The number of amides is 1. The molecule has 1 aliphatic heterocycles. The Labute approximate surface area is 164 Å². The average Bonchev–Trinajstić information content (AvgIpc) is 3.22. The van der Waals surface area contributed by atoms with Crippen molar-refractivity contribution in [3.63, 3.8) is 0 Å². The number of hydrazine groups is 1. The fourth-order valence-electron chi connectivity index (χ4n) is 3.12. The summed E-state index contributed by atoms with van der Waals surface area (Å²) < 4.78 is 5.10. The van der Waals surface area contributed by atoms with Gasteiger partial charge in [-0.15, -0.1) is 0 Å². The number of nitrogens with one attached hydrogen (secondary N) is 3. The van der Waals surface area contributed by atoms with Gasteiger partial charge in [0, 0.05) is 11.6 Å². The lowest BCUT2D eigenvalue weighted by molar-refractivity contribution is -0.122. The first-order valence-electron chi connectivity index (χ1n) is 9.33. The maximum Gasteiger partial charge on any atom is 0.258 e. The molecule has 1 aliphatic rings. The van der Waals surface area contributed by atoms with E-state index in [9.17, 15) is 9.90 Å². The maximum atomic E-state index is 12.5. The topological polar surface area (TPSA) is 95.0 Å². The van der Waals surface area contributed by atoms with E-state index in [1.807, 2.05) is 0 Å². The number of phenols is 1. The van der Waals surface area contributed by atoms with E-state index in [1.54, 1.807) is 19.1 Å². The molecule has 2 atom stereocenters. The Morgan fingerprint density at radius 2 is 2.00 bits per heavy atom. The molecule has 7 nitrogen and oxygen atoms in total. The second-order valence-electron chi connectivity index (χ2n) is 6.78. The molecule has 28 heavy (non-hydrogen) atoms. The van der Waals surface area contributed by atoms with Crippen LogP contribution in [0, 0.1) is 0 Å². The Hall–Kier alpha value is -2.90. The molecule has 2 aromatic carbocycles. The molecule has 0 radical (unpaired) electrons. The molecule has 148 valence electrons. The lowest BCUT2D eigenvalue weighted by Crippen LogP contribution is -2.41. The fraction of sp³-hybridized carbons (Fsp3) is 0.333. The van der Waals surface area contributed by atoms with Crippen LogP contribution in [0.5, 0.6) is 11.5 Å². The van der Waals surface area contributed by atoms with Gasteiger partial charge in [0.1, 0.15) is 6.04 Å². The van der Waals surface area contributed by atoms with Crippen LogP contribution in [0.2, 0.25) is 0 Å². The number of methoxy groups -OCH3 is 1. The lowest BCUT2D eigenvalue weighted by atomic mass is 10.00. The summed E-state index contributed by atoms with van der Waals surface area (Å²) in [6.07, 6.45) is 1.64. The lowest BCUT2D eigenvalue weighted by Gasteiger charge is -2.10. The van der Waals surface area contributed by atoms with Crippen molar-refractivity contribution < 1.29 is 14.6 Å². The number of hydrogen-bond acceptors (Lipinski definition) is 6. The van der Waals surface area contributed by atoms with Crippen LogP contribution in [0.1, 0.15) is 43.0 Å². The summed E-state index contributed by atoms with van der Waals surface area (Å²) in [5.41, 5.74) is 12.6. The van der Waals surface area contributed by atoms with Gasteiger partial charge in [-0.1, -0.05) is 31.2 Å². The molecule has 0 aliphatic carbocycles. The smallest absolute Gasteiger partial charge is 0.258 e. The second kappa shape index (κ2) is 8.86. The molecule has 0 aromatic heterocycles. The van der Waals surface area contributed by atoms with Gasteiger partial charge < -0.3 is 9.84 Å². The first-order chi connectivity index (χ1) is 13.5. The number of benzene rings is 2. The van der Waals surface area contributed by atoms with Crippen molar-refractivity contribution in [2.45, 2.75) is 38.8 Å². The molecule has 2 aromatic rings. The summed E-state index contributed by atoms with van der Waals surface area (Å²) >= 11 is 0. The minimum Gasteiger partial charge on any atom is -0.504 e. The molecule has 1 heterocycles. The first kappa shape index (κ1) is 19.9. The molecule has 1 saturated heterocycles. The predicted molar refractivity (Wildman–Crippen MR) is 108 cm³/mol. The van der Waals surface area contributed by atoms with Gasteiger partial charge in [-0.3, -0.25) is 4.79 Å². The monoisotopic (exact) mass is 382 g/mol. The number of rotatable bonds is 6. The van der Waals surface area contributed by atoms with Crippen molar-refractivity contribution >= 4 is 11.6 Å². The van der Waals surface area contributed by atoms with Gasteiger partial charge in [0.05, 0.1) is 12.8 Å². The Morgan fingerprint density at radius 1 is 1.25 bits per heavy atom. The number of nitrogens with zero attached hydrogens (tertiary/aromatic N) is 1. The Kier molecular flexibility index (Phi) is 6.28. The molecular weight excluding hydrogens is 356 g/mol. The quantitative estimate of drug-likeness (QED) is 0.455. The number of aryl methyl sites for hydroxylation is 1. The van der Waals surface area contributed by atoms with E-state index in [4.69, 9.17) is 4.74 Å². The zero-order valence-electron chi connectivity index (χ0n) is 16.3. The molecule has 4 N–H and O–H groups in total. The zero-order valence-corrected chi connectivity index (χ0v) is 16.3. The van der Waals surface area contributed by atoms with E-state index in [0.717, 1.165) is 17.5 Å². The molecule has 0 bridgehead atoms. The molecule has 1 fully saturated rings. The minimum atomic E-state index is -0.373. The van der Waals surface area contributed by atoms with Gasteiger partial charge in [0.15, 0.2) is 11.5 Å². The standard InChI is InChI=1S/C21H26N4O3/c1-4-14-5-7-15(8-6-14)17-12-18(24-23-17)21(27)25-22-13(2)16-9-10-19(26)20(11-16)28-3/h5-11,17-18,23-24,26H,4,12H2,1-3H3,(H,25,27)/b22-13+. The zero-order chi connectivity index (χ0) is 20.1. The number of carbonyl (C=O) groups is 1. The molecule has 3 rings (SSSR count). The Bertz CT molecular complexity index is 864. The van der Waals surface area contributed by atoms with Gasteiger partial charge >= 0.3 is 0 Å². The van der Waals surface area contributed by atoms with Crippen LogP contribution in [0.25, 0.3) is 0 Å². The van der Waals surface area contributed by atoms with E-state index >= 15 is 0 Å². The Morgan fingerprint density at radius 3 is 2.68 bits per heavy atom. The third-order valence-corrected chi connectivity index (χ3v) is 4.94. The van der Waals surface area contributed by atoms with Crippen molar-refractivity contribution in [3.05, 3.63) is 59.2 Å². The van der Waals surface area contributed by atoms with Crippen LogP contribution < -0.4 is 21.0 Å². The van der Waals surface area contributed by atoms with Gasteiger partial charge in [-0.2, -0.15) is 5.10 Å². The summed E-state index contributed by atoms with van der Waals surface area (Å²) in [7, 11) is 1.48. The normalized spacial score (nSPS) is 19.5. The van der Waals surface area contributed by atoms with Crippen molar-refractivity contribution in [2.75, 3.05) is 7.11 Å². The van der Waals surface area contributed by atoms with Crippen molar-refractivity contribution in [3.8, 4) is 11.5 Å². The summed E-state index contributed by atoms with van der Waals surface area (Å²) in [6.45, 7) is 3.91. The van der Waals surface area contributed by atoms with E-state index in [1.165, 1.54) is 18.7 Å². The molecular formula is C21H26N4O3. The number of ether oxygens (including phenoxy) is 1. The maximum absolute atomic E-state index is 12.5. The number of carbonyl (C=O) groups excluding carboxylic acids is 1. The molecule has 7 heteroatoms. The highest BCUT2D eigenvalue weighted by molar-refractivity contribution is 6.00. The van der Waals surface area contributed by atoms with Crippen molar-refractivity contribution in [2.24, 2.45) is 5.10 Å². The largest absolute Gasteiger partial charge is 0.504 e. The second-order valence-corrected chi connectivity index (χ2v) is 6.78. The van der Waals surface area contributed by atoms with Crippen LogP contribution >= 0.6 is 0 Å². The van der Waals surface area contributed by atoms with E-state index in [2.05, 4.69) is 52.6 Å². The van der Waals surface area contributed by atoms with Gasteiger partial charge in [-0.05, 0) is 49.1 Å². The average molecular weight is 382 g/mol. The van der Waals surface area contributed by atoms with Crippen molar-refractivity contribution in [1.29, 1.82) is 0 Å². The van der Waals surface area contributed by atoms with E-state index in [0.29, 0.717) is 17.9 Å². The Balaban J connectivity index is 1.59. The van der Waals surface area contributed by atoms with Gasteiger partial charge in [-0.25, -0.2) is 16.3 Å². The number of hydrazone groups is 1. The first-order valence-corrected chi connectivity index (χ1v) is 9.33. The number of aromatic hydroxyl groups is 1. The summed E-state index contributed by atoms with van der Waals surface area (Å²) in [4.78, 5) is 12.5. The molecule has 1 amide bonds. The summed E-state index contributed by atoms with van der Waals surface area (Å²) in [5.74, 6) is 0.213. The molecule has 2 unspecified atom stereocenters. The summed E-state index contributed by atoms with van der Waals surface area (Å²) in [6, 6.07) is 13.0. The third-order valence-electron chi connectivity index (χ3n) is 4.94. The highest BCUT2D eigenvalue weighted by atomic mass is 16.5. The number of hydrogen-bond donors (Lipinski definition) is 4. The van der Waals surface area contributed by atoms with Crippen LogP contribution in [0.3, 0.4) is 0 Å². The van der Waals surface area contributed by atoms with Gasteiger partial charge in [0.2, 0.25) is 0 Å². The van der Waals surface area contributed by atoms with Crippen LogP contribution in [-0.4, -0.2) is 29.9 Å². The summed E-state index contributed by atoms with van der Waals surface area (Å²) in [5, 5.41) is 13.9. The van der Waals surface area contributed by atoms with Gasteiger partial charge in [0.25, 0.3) is 5.91 Å². The third kappa shape index (κ3) is 4.49. The SMILES string of the molecule is CCc1ccc(C2CC(C(=O)N/N=C(\C)c3ccc(O)c(OC)c3)NN2)cc1. The minimum absolute atomic E-state index is 0.0577. The highest BCUT2D eigenvalue weighted by Crippen LogP contribution is 2.26. The van der Waals surface area contributed by atoms with Crippen LogP contribution in [0.15, 0.2) is 47.6 Å². The van der Waals surface area contributed by atoms with E-state index < -0.39 is 0 Å². The highest BCUT2D eigenvalue weighted by Gasteiger charge is 2.30. The molecule has 0 spiro atoms. The van der Waals surface area contributed by atoms with Crippen LogP contribution in [0.4, 0.5) is 0 Å².